The fourth-order valence-electron chi connectivity index (χ4n) is 1.92. The van der Waals surface area contributed by atoms with Crippen molar-refractivity contribution in [2.24, 2.45) is 5.92 Å². The maximum atomic E-state index is 12.5. The summed E-state index contributed by atoms with van der Waals surface area (Å²) in [4.78, 5) is 14.2. The van der Waals surface area contributed by atoms with Crippen LogP contribution < -0.4 is 10.5 Å². The van der Waals surface area contributed by atoms with Crippen molar-refractivity contribution in [3.8, 4) is 5.75 Å². The lowest BCUT2D eigenvalue weighted by atomic mass is 10.1. The Kier molecular flexibility index (Phi) is 5.67. The number of rotatable bonds is 6. The first-order valence-electron chi connectivity index (χ1n) is 6.77. The first-order valence-corrected chi connectivity index (χ1v) is 6.77. The van der Waals surface area contributed by atoms with E-state index in [4.69, 9.17) is 10.5 Å². The molecule has 2 N–H and O–H groups in total. The highest BCUT2D eigenvalue weighted by molar-refractivity contribution is 6.01. The fraction of sp³-hybridized carbons (Fsp3) is 0.533. The molecule has 4 heteroatoms. The van der Waals surface area contributed by atoms with Gasteiger partial charge >= 0.3 is 0 Å². The van der Waals surface area contributed by atoms with Crippen LogP contribution in [-0.2, 0) is 0 Å². The van der Waals surface area contributed by atoms with Crippen LogP contribution in [0.3, 0.4) is 0 Å². The molecule has 1 unspecified atom stereocenters. The average molecular weight is 264 g/mol. The maximum absolute atomic E-state index is 12.5. The van der Waals surface area contributed by atoms with E-state index in [1.807, 2.05) is 6.92 Å². The van der Waals surface area contributed by atoms with Crippen molar-refractivity contribution in [2.75, 3.05) is 25.9 Å². The van der Waals surface area contributed by atoms with E-state index in [-0.39, 0.29) is 5.91 Å². The van der Waals surface area contributed by atoms with Gasteiger partial charge in [-0.3, -0.25) is 4.79 Å². The number of carbonyl (C=O) groups is 1. The second-order valence-electron chi connectivity index (χ2n) is 4.85. The second-order valence-corrected chi connectivity index (χ2v) is 4.85. The molecule has 0 radical (unpaired) electrons. The van der Waals surface area contributed by atoms with Gasteiger partial charge in [-0.2, -0.15) is 0 Å². The van der Waals surface area contributed by atoms with Gasteiger partial charge in [-0.1, -0.05) is 26.3 Å². The van der Waals surface area contributed by atoms with Gasteiger partial charge in [0.05, 0.1) is 6.61 Å². The molecule has 0 aliphatic rings. The first-order chi connectivity index (χ1) is 9.01. The number of ether oxygens (including phenoxy) is 1. The Morgan fingerprint density at radius 2 is 2.11 bits per heavy atom. The van der Waals surface area contributed by atoms with E-state index in [1.165, 1.54) is 0 Å². The molecule has 1 rings (SSSR count). The molecule has 1 aromatic rings. The maximum Gasteiger partial charge on any atom is 0.259 e. The largest absolute Gasteiger partial charge is 0.493 e. The normalized spacial score (nSPS) is 12.0. The van der Waals surface area contributed by atoms with Crippen LogP contribution in [0.1, 0.15) is 37.6 Å². The van der Waals surface area contributed by atoms with Gasteiger partial charge in [0.2, 0.25) is 0 Å². The van der Waals surface area contributed by atoms with Crippen LogP contribution >= 0.6 is 0 Å². The molecule has 0 saturated carbocycles. The van der Waals surface area contributed by atoms with Crippen LogP contribution in [0.15, 0.2) is 18.2 Å². The van der Waals surface area contributed by atoms with E-state index in [9.17, 15) is 4.79 Å². The molecular weight excluding hydrogens is 240 g/mol. The zero-order chi connectivity index (χ0) is 14.4. The van der Waals surface area contributed by atoms with Gasteiger partial charge in [0, 0.05) is 19.3 Å². The Morgan fingerprint density at radius 1 is 1.42 bits per heavy atom. The van der Waals surface area contributed by atoms with Crippen molar-refractivity contribution >= 4 is 11.6 Å². The molecule has 106 valence electrons. The fourth-order valence-corrected chi connectivity index (χ4v) is 1.92. The van der Waals surface area contributed by atoms with Gasteiger partial charge in [-0.15, -0.1) is 0 Å². The first kappa shape index (κ1) is 15.3. The monoisotopic (exact) mass is 264 g/mol. The topological polar surface area (TPSA) is 55.6 Å². The number of hydrogen-bond acceptors (Lipinski definition) is 3. The molecule has 19 heavy (non-hydrogen) atoms. The molecule has 1 atom stereocenters. The smallest absolute Gasteiger partial charge is 0.259 e. The lowest BCUT2D eigenvalue weighted by Crippen LogP contribution is -2.31. The highest BCUT2D eigenvalue weighted by atomic mass is 16.5. The van der Waals surface area contributed by atoms with Crippen LogP contribution in [0.2, 0.25) is 0 Å². The summed E-state index contributed by atoms with van der Waals surface area (Å²) in [5.41, 5.74) is 6.86. The van der Waals surface area contributed by atoms with Crippen LogP contribution in [0.5, 0.6) is 5.75 Å². The predicted octanol–water partition coefficient (Wildman–Crippen LogP) is 2.79. The van der Waals surface area contributed by atoms with Crippen LogP contribution in [0.4, 0.5) is 5.69 Å². The summed E-state index contributed by atoms with van der Waals surface area (Å²) < 4.78 is 5.49. The summed E-state index contributed by atoms with van der Waals surface area (Å²) in [6, 6.07) is 5.31. The number of amides is 1. The third-order valence-electron chi connectivity index (χ3n) is 3.20. The SMILES string of the molecule is CCOc1cccc(N)c1C(=O)N(C)CC(C)CC. The molecule has 0 spiro atoms. The summed E-state index contributed by atoms with van der Waals surface area (Å²) in [7, 11) is 1.80. The Hall–Kier alpha value is -1.71. The van der Waals surface area contributed by atoms with Gasteiger partial charge in [-0.05, 0) is 25.0 Å². The summed E-state index contributed by atoms with van der Waals surface area (Å²) in [6.45, 7) is 7.36. The van der Waals surface area contributed by atoms with E-state index in [1.54, 1.807) is 30.1 Å². The Labute approximate surface area is 115 Å². The lowest BCUT2D eigenvalue weighted by Gasteiger charge is -2.22. The molecule has 1 amide bonds. The summed E-state index contributed by atoms with van der Waals surface area (Å²) in [5.74, 6) is 0.944. The van der Waals surface area contributed by atoms with Gasteiger partial charge < -0.3 is 15.4 Å². The molecular formula is C15H24N2O2. The molecule has 0 aromatic heterocycles. The van der Waals surface area contributed by atoms with Crippen molar-refractivity contribution in [2.45, 2.75) is 27.2 Å². The molecule has 0 aliphatic carbocycles. The number of nitrogens with two attached hydrogens (primary N) is 1. The Bertz CT molecular complexity index is 432. The zero-order valence-electron chi connectivity index (χ0n) is 12.3. The van der Waals surface area contributed by atoms with Gasteiger partial charge in [0.1, 0.15) is 11.3 Å². The van der Waals surface area contributed by atoms with Gasteiger partial charge in [0.25, 0.3) is 5.91 Å². The van der Waals surface area contributed by atoms with Crippen molar-refractivity contribution in [1.82, 2.24) is 4.90 Å². The molecule has 0 saturated heterocycles. The predicted molar refractivity (Wildman–Crippen MR) is 78.4 cm³/mol. The van der Waals surface area contributed by atoms with E-state index in [2.05, 4.69) is 13.8 Å². The molecule has 0 bridgehead atoms. The Balaban J connectivity index is 2.98. The summed E-state index contributed by atoms with van der Waals surface area (Å²) in [5, 5.41) is 0. The molecule has 4 nitrogen and oxygen atoms in total. The highest BCUT2D eigenvalue weighted by Gasteiger charge is 2.20. The van der Waals surface area contributed by atoms with E-state index >= 15 is 0 Å². The third-order valence-corrected chi connectivity index (χ3v) is 3.20. The Morgan fingerprint density at radius 3 is 2.68 bits per heavy atom. The second kappa shape index (κ2) is 7.02. The van der Waals surface area contributed by atoms with Crippen LogP contribution in [0, 0.1) is 5.92 Å². The summed E-state index contributed by atoms with van der Waals surface area (Å²) >= 11 is 0. The van der Waals surface area contributed by atoms with Gasteiger partial charge in [-0.25, -0.2) is 0 Å². The quantitative estimate of drug-likeness (QED) is 0.804. The number of anilines is 1. The minimum absolute atomic E-state index is 0.0816. The minimum Gasteiger partial charge on any atom is -0.493 e. The number of nitrogens with zero attached hydrogens (tertiary/aromatic N) is 1. The van der Waals surface area contributed by atoms with Crippen molar-refractivity contribution in [3.63, 3.8) is 0 Å². The van der Waals surface area contributed by atoms with Gasteiger partial charge in [0.15, 0.2) is 0 Å². The van der Waals surface area contributed by atoms with Crippen molar-refractivity contribution in [1.29, 1.82) is 0 Å². The number of carbonyl (C=O) groups excluding carboxylic acids is 1. The van der Waals surface area contributed by atoms with Crippen molar-refractivity contribution in [3.05, 3.63) is 23.8 Å². The molecule has 1 aromatic carbocycles. The molecule has 0 aliphatic heterocycles. The minimum atomic E-state index is -0.0816. The molecule has 0 fully saturated rings. The zero-order valence-corrected chi connectivity index (χ0v) is 12.3. The highest BCUT2D eigenvalue weighted by Crippen LogP contribution is 2.26. The average Bonchev–Trinajstić information content (AvgIpc) is 2.38. The lowest BCUT2D eigenvalue weighted by molar-refractivity contribution is 0.0772. The van der Waals surface area contributed by atoms with E-state index in [0.717, 1.165) is 13.0 Å². The molecule has 0 heterocycles. The van der Waals surface area contributed by atoms with Crippen LogP contribution in [0.25, 0.3) is 0 Å². The number of nitrogen functional groups attached to an aromatic ring is 1. The number of benzene rings is 1. The van der Waals surface area contributed by atoms with Crippen LogP contribution in [-0.4, -0.2) is 31.0 Å². The third kappa shape index (κ3) is 3.88. The summed E-state index contributed by atoms with van der Waals surface area (Å²) in [6.07, 6.45) is 1.04. The van der Waals surface area contributed by atoms with E-state index in [0.29, 0.717) is 29.5 Å². The van der Waals surface area contributed by atoms with Crippen molar-refractivity contribution < 1.29 is 9.53 Å². The standard InChI is InChI=1S/C15H24N2O2/c1-5-11(3)10-17(4)15(18)14-12(16)8-7-9-13(14)19-6-2/h7-9,11H,5-6,10,16H2,1-4H3. The van der Waals surface area contributed by atoms with E-state index < -0.39 is 0 Å². The number of hydrogen-bond donors (Lipinski definition) is 1.